The molecule has 1 aliphatic heterocycles. The van der Waals surface area contributed by atoms with E-state index in [4.69, 9.17) is 10.5 Å². The van der Waals surface area contributed by atoms with Crippen molar-refractivity contribution in [2.24, 2.45) is 0 Å². The molecule has 0 saturated carbocycles. The van der Waals surface area contributed by atoms with E-state index < -0.39 is 0 Å². The third-order valence-electron chi connectivity index (χ3n) is 2.94. The van der Waals surface area contributed by atoms with Crippen LogP contribution in [0.4, 0.5) is 11.6 Å². The van der Waals surface area contributed by atoms with Gasteiger partial charge in [0.15, 0.2) is 5.16 Å². The van der Waals surface area contributed by atoms with Crippen molar-refractivity contribution in [1.82, 2.24) is 14.9 Å². The zero-order chi connectivity index (χ0) is 13.7. The molecule has 1 fully saturated rings. The lowest BCUT2D eigenvalue weighted by molar-refractivity contribution is 0.0368. The fraction of sp³-hybridized carbons (Fsp3) is 0.667. The summed E-state index contributed by atoms with van der Waals surface area (Å²) in [6.45, 7) is 6.75. The van der Waals surface area contributed by atoms with Crippen LogP contribution in [-0.2, 0) is 4.74 Å². The maximum Gasteiger partial charge on any atom is 0.191 e. The number of morpholine rings is 1. The first-order valence-electron chi connectivity index (χ1n) is 6.42. The van der Waals surface area contributed by atoms with Crippen LogP contribution in [0.1, 0.15) is 6.92 Å². The van der Waals surface area contributed by atoms with Crippen molar-refractivity contribution in [1.29, 1.82) is 0 Å². The first-order valence-corrected chi connectivity index (χ1v) is 7.65. The summed E-state index contributed by atoms with van der Waals surface area (Å²) in [5, 5.41) is 4.07. The Kier molecular flexibility index (Phi) is 5.24. The Labute approximate surface area is 118 Å². The van der Waals surface area contributed by atoms with Gasteiger partial charge in [-0.1, -0.05) is 11.8 Å². The molecular weight excluding hydrogens is 262 g/mol. The van der Waals surface area contributed by atoms with Crippen LogP contribution in [0.5, 0.6) is 0 Å². The summed E-state index contributed by atoms with van der Waals surface area (Å²) < 4.78 is 5.34. The number of nitrogen functional groups attached to an aromatic ring is 1. The molecule has 3 N–H and O–H groups in total. The standard InChI is InChI=1S/C12H21N5OS/c1-9(8-17-3-5-18-6-4-17)14-11-7-10(13)15-12(16-11)19-2/h7,9H,3-6,8H2,1-2H3,(H3,13,14,15,16). The Bertz CT molecular complexity index is 411. The van der Waals surface area contributed by atoms with E-state index in [1.54, 1.807) is 6.07 Å². The number of thioether (sulfide) groups is 1. The second kappa shape index (κ2) is 6.93. The molecule has 1 atom stereocenters. The number of nitrogens with zero attached hydrogens (tertiary/aromatic N) is 3. The lowest BCUT2D eigenvalue weighted by Crippen LogP contribution is -2.42. The summed E-state index contributed by atoms with van der Waals surface area (Å²) >= 11 is 1.49. The lowest BCUT2D eigenvalue weighted by Gasteiger charge is -2.29. The molecule has 1 saturated heterocycles. The summed E-state index contributed by atoms with van der Waals surface area (Å²) in [4.78, 5) is 10.9. The number of ether oxygens (including phenoxy) is 1. The molecule has 6 nitrogen and oxygen atoms in total. The number of rotatable bonds is 5. The highest BCUT2D eigenvalue weighted by Gasteiger charge is 2.14. The monoisotopic (exact) mass is 283 g/mol. The molecule has 1 aromatic rings. The lowest BCUT2D eigenvalue weighted by atomic mass is 10.3. The summed E-state index contributed by atoms with van der Waals surface area (Å²) in [6, 6.07) is 2.08. The highest BCUT2D eigenvalue weighted by atomic mass is 32.2. The Morgan fingerprint density at radius 2 is 2.21 bits per heavy atom. The molecule has 2 rings (SSSR count). The molecule has 7 heteroatoms. The summed E-state index contributed by atoms with van der Waals surface area (Å²) in [7, 11) is 0. The number of hydrogen-bond donors (Lipinski definition) is 2. The van der Waals surface area contributed by atoms with Gasteiger partial charge in [-0.15, -0.1) is 0 Å². The van der Waals surface area contributed by atoms with Crippen LogP contribution in [0.25, 0.3) is 0 Å². The Balaban J connectivity index is 1.90. The molecule has 0 aliphatic carbocycles. The summed E-state index contributed by atoms with van der Waals surface area (Å²) in [6.07, 6.45) is 1.94. The van der Waals surface area contributed by atoms with Crippen LogP contribution in [-0.4, -0.2) is 60.0 Å². The van der Waals surface area contributed by atoms with Gasteiger partial charge in [0.1, 0.15) is 11.6 Å². The molecule has 1 unspecified atom stereocenters. The second-order valence-electron chi connectivity index (χ2n) is 4.62. The van der Waals surface area contributed by atoms with Crippen molar-refractivity contribution in [3.8, 4) is 0 Å². The number of nitrogens with two attached hydrogens (primary N) is 1. The van der Waals surface area contributed by atoms with Crippen molar-refractivity contribution >= 4 is 23.4 Å². The second-order valence-corrected chi connectivity index (χ2v) is 5.40. The largest absolute Gasteiger partial charge is 0.383 e. The topological polar surface area (TPSA) is 76.3 Å². The van der Waals surface area contributed by atoms with Gasteiger partial charge in [-0.05, 0) is 13.2 Å². The van der Waals surface area contributed by atoms with Crippen LogP contribution >= 0.6 is 11.8 Å². The third-order valence-corrected chi connectivity index (χ3v) is 3.49. The predicted molar refractivity (Wildman–Crippen MR) is 78.6 cm³/mol. The van der Waals surface area contributed by atoms with Crippen molar-refractivity contribution in [2.75, 3.05) is 50.2 Å². The van der Waals surface area contributed by atoms with Crippen LogP contribution in [0.2, 0.25) is 0 Å². The highest BCUT2D eigenvalue weighted by molar-refractivity contribution is 7.98. The maximum absolute atomic E-state index is 5.76. The van der Waals surface area contributed by atoms with E-state index in [1.165, 1.54) is 11.8 Å². The summed E-state index contributed by atoms with van der Waals surface area (Å²) in [5.74, 6) is 1.29. The molecule has 1 aromatic heterocycles. The van der Waals surface area contributed by atoms with Crippen molar-refractivity contribution in [3.63, 3.8) is 0 Å². The quantitative estimate of drug-likeness (QED) is 0.614. The van der Waals surface area contributed by atoms with Gasteiger partial charge in [0.25, 0.3) is 0 Å². The fourth-order valence-corrected chi connectivity index (χ4v) is 2.46. The predicted octanol–water partition coefficient (Wildman–Crippen LogP) is 0.913. The molecule has 0 spiro atoms. The van der Waals surface area contributed by atoms with Crippen molar-refractivity contribution < 1.29 is 4.74 Å². The van der Waals surface area contributed by atoms with Gasteiger partial charge in [0.2, 0.25) is 0 Å². The molecule has 0 amide bonds. The van der Waals surface area contributed by atoms with Crippen molar-refractivity contribution in [2.45, 2.75) is 18.1 Å². The molecule has 1 aliphatic rings. The first-order chi connectivity index (χ1) is 9.17. The highest BCUT2D eigenvalue weighted by Crippen LogP contribution is 2.16. The van der Waals surface area contributed by atoms with E-state index in [9.17, 15) is 0 Å². The van der Waals surface area contributed by atoms with Gasteiger partial charge >= 0.3 is 0 Å². The van der Waals surface area contributed by atoms with Gasteiger partial charge < -0.3 is 15.8 Å². The number of aromatic nitrogens is 2. The van der Waals surface area contributed by atoms with Crippen LogP contribution in [0.3, 0.4) is 0 Å². The average molecular weight is 283 g/mol. The molecule has 2 heterocycles. The Hall–Kier alpha value is -1.05. The van der Waals surface area contributed by atoms with Gasteiger partial charge in [-0.2, -0.15) is 0 Å². The minimum absolute atomic E-state index is 0.308. The normalized spacial score (nSPS) is 18.2. The zero-order valence-corrected chi connectivity index (χ0v) is 12.2. The van der Waals surface area contributed by atoms with E-state index in [0.717, 1.165) is 38.7 Å². The number of nitrogens with one attached hydrogen (secondary N) is 1. The van der Waals surface area contributed by atoms with E-state index in [-0.39, 0.29) is 0 Å². The van der Waals surface area contributed by atoms with Gasteiger partial charge in [-0.25, -0.2) is 9.97 Å². The summed E-state index contributed by atoms with van der Waals surface area (Å²) in [5.41, 5.74) is 5.76. The van der Waals surface area contributed by atoms with Gasteiger partial charge in [0.05, 0.1) is 13.2 Å². The zero-order valence-electron chi connectivity index (χ0n) is 11.4. The van der Waals surface area contributed by atoms with Crippen LogP contribution < -0.4 is 11.1 Å². The molecular formula is C12H21N5OS. The number of hydrogen-bond acceptors (Lipinski definition) is 7. The Morgan fingerprint density at radius 3 is 2.89 bits per heavy atom. The van der Waals surface area contributed by atoms with E-state index in [0.29, 0.717) is 17.0 Å². The van der Waals surface area contributed by atoms with E-state index in [1.807, 2.05) is 6.26 Å². The van der Waals surface area contributed by atoms with Gasteiger partial charge in [-0.3, -0.25) is 4.90 Å². The molecule has 0 radical (unpaired) electrons. The average Bonchev–Trinajstić information content (AvgIpc) is 2.38. The smallest absolute Gasteiger partial charge is 0.191 e. The van der Waals surface area contributed by atoms with Gasteiger partial charge in [0, 0.05) is 31.7 Å². The van der Waals surface area contributed by atoms with Crippen molar-refractivity contribution in [3.05, 3.63) is 6.07 Å². The maximum atomic E-state index is 5.76. The van der Waals surface area contributed by atoms with E-state index in [2.05, 4.69) is 27.1 Å². The van der Waals surface area contributed by atoms with Crippen LogP contribution in [0, 0.1) is 0 Å². The minimum atomic E-state index is 0.308. The minimum Gasteiger partial charge on any atom is -0.383 e. The molecule has 0 aromatic carbocycles. The molecule has 19 heavy (non-hydrogen) atoms. The van der Waals surface area contributed by atoms with Crippen LogP contribution in [0.15, 0.2) is 11.2 Å². The fourth-order valence-electron chi connectivity index (χ4n) is 2.08. The third kappa shape index (κ3) is 4.52. The molecule has 0 bridgehead atoms. The first kappa shape index (κ1) is 14.4. The number of anilines is 2. The molecule has 106 valence electrons. The Morgan fingerprint density at radius 1 is 1.47 bits per heavy atom. The van der Waals surface area contributed by atoms with E-state index >= 15 is 0 Å². The SMILES string of the molecule is CSc1nc(N)cc(NC(C)CN2CCOCC2)n1.